The van der Waals surface area contributed by atoms with Gasteiger partial charge in [-0.05, 0) is 39.4 Å². The summed E-state index contributed by atoms with van der Waals surface area (Å²) < 4.78 is 11.4. The Morgan fingerprint density at radius 1 is 1.26 bits per heavy atom. The first kappa shape index (κ1) is 23.9. The maximum absolute atomic E-state index is 9.99. The zero-order valence-corrected chi connectivity index (χ0v) is 21.2. The van der Waals surface area contributed by atoms with Crippen LogP contribution in [-0.2, 0) is 17.8 Å². The Morgan fingerprint density at radius 3 is 2.91 bits per heavy atom. The Balaban J connectivity index is 1.45. The molecule has 1 saturated heterocycles. The minimum Gasteiger partial charge on any atom is -0.491 e. The van der Waals surface area contributed by atoms with Crippen molar-refractivity contribution >= 4 is 23.0 Å². The number of nitrogens with one attached hydrogen (secondary N) is 2. The van der Waals surface area contributed by atoms with Crippen LogP contribution < -0.4 is 20.3 Å². The molecule has 0 radical (unpaired) electrons. The Bertz CT molecular complexity index is 1160. The van der Waals surface area contributed by atoms with Crippen molar-refractivity contribution < 1.29 is 14.6 Å². The van der Waals surface area contributed by atoms with E-state index in [0.29, 0.717) is 24.7 Å². The summed E-state index contributed by atoms with van der Waals surface area (Å²) in [5, 5.41) is 17.6. The minimum absolute atomic E-state index is 0.210. The molecule has 35 heavy (non-hydrogen) atoms. The van der Waals surface area contributed by atoms with Crippen molar-refractivity contribution in [3.63, 3.8) is 0 Å². The molecule has 1 unspecified atom stereocenters. The number of nitrogens with zero attached hydrogens (tertiary/aromatic N) is 4. The number of ether oxygens (including phenoxy) is 2. The Hall–Kier alpha value is -2.79. The van der Waals surface area contributed by atoms with Crippen LogP contribution in [-0.4, -0.2) is 65.6 Å². The predicted molar refractivity (Wildman–Crippen MR) is 137 cm³/mol. The molecule has 3 aromatic rings. The largest absolute Gasteiger partial charge is 0.491 e. The van der Waals surface area contributed by atoms with Gasteiger partial charge in [0.1, 0.15) is 30.1 Å². The van der Waals surface area contributed by atoms with Crippen LogP contribution >= 0.6 is 11.3 Å². The van der Waals surface area contributed by atoms with Crippen molar-refractivity contribution in [2.24, 2.45) is 0 Å². The normalized spacial score (nSPS) is 18.1. The van der Waals surface area contributed by atoms with E-state index in [4.69, 9.17) is 24.4 Å². The summed E-state index contributed by atoms with van der Waals surface area (Å²) in [4.78, 5) is 18.2. The smallest absolute Gasteiger partial charge is 0.164 e. The van der Waals surface area contributed by atoms with E-state index in [-0.39, 0.29) is 12.6 Å². The second-order valence-corrected chi connectivity index (χ2v) is 10.3. The third kappa shape index (κ3) is 5.40. The van der Waals surface area contributed by atoms with Gasteiger partial charge < -0.3 is 30.1 Å². The van der Waals surface area contributed by atoms with Gasteiger partial charge in [-0.25, -0.2) is 15.0 Å². The Kier molecular flexibility index (Phi) is 7.14. The van der Waals surface area contributed by atoms with Gasteiger partial charge in [0.05, 0.1) is 36.4 Å². The number of anilines is 2. The molecule has 0 spiro atoms. The summed E-state index contributed by atoms with van der Waals surface area (Å²) in [6, 6.07) is 7.95. The monoisotopic (exact) mass is 496 g/mol. The topological polar surface area (TPSA) is 105 Å². The summed E-state index contributed by atoms with van der Waals surface area (Å²) >= 11 is 1.76. The first-order valence-corrected chi connectivity index (χ1v) is 12.8. The van der Waals surface area contributed by atoms with E-state index in [2.05, 4.69) is 29.4 Å². The molecule has 0 saturated carbocycles. The van der Waals surface area contributed by atoms with Crippen LogP contribution in [0.4, 0.5) is 11.6 Å². The lowest BCUT2D eigenvalue weighted by Gasteiger charge is -2.23. The molecule has 4 heterocycles. The van der Waals surface area contributed by atoms with Crippen LogP contribution in [0.25, 0.3) is 11.4 Å². The van der Waals surface area contributed by atoms with Crippen LogP contribution in [0.2, 0.25) is 0 Å². The number of aliphatic hydroxyl groups is 1. The summed E-state index contributed by atoms with van der Waals surface area (Å²) in [6.45, 7) is 7.80. The number of fused-ring (bicyclic) bond motifs is 1. The minimum atomic E-state index is -0.580. The second kappa shape index (κ2) is 10.4. The van der Waals surface area contributed by atoms with Gasteiger partial charge in [0.15, 0.2) is 5.82 Å². The van der Waals surface area contributed by atoms with Gasteiger partial charge in [0.2, 0.25) is 0 Å². The standard InChI is InChI=1S/C25H32N6O3S/c1-15-23(28-18-7-8-33-13-18)29-24(17-5-4-6-20(9-17)34-14-19(32)10-26-3)30-25(15)31-11-21-22(12-31)35-16(2)27-21/h4-6,9,18-19,26,32H,7-8,10-14H2,1-3H3,(H,28,29,30)/t18-,19?/m1/s1. The molecule has 186 valence electrons. The average molecular weight is 497 g/mol. The van der Waals surface area contributed by atoms with E-state index in [1.807, 2.05) is 24.3 Å². The highest BCUT2D eigenvalue weighted by atomic mass is 32.1. The number of benzene rings is 1. The van der Waals surface area contributed by atoms with Crippen molar-refractivity contribution in [2.45, 2.75) is 45.5 Å². The number of aromatic nitrogens is 3. The summed E-state index contributed by atoms with van der Waals surface area (Å²) in [5.41, 5.74) is 3.02. The first-order valence-electron chi connectivity index (χ1n) is 12.0. The fraction of sp³-hybridized carbons (Fsp3) is 0.480. The van der Waals surface area contributed by atoms with Gasteiger partial charge in [-0.15, -0.1) is 11.3 Å². The molecule has 1 aromatic carbocycles. The third-order valence-electron chi connectivity index (χ3n) is 6.22. The Morgan fingerprint density at radius 2 is 2.14 bits per heavy atom. The molecule has 10 heteroatoms. The van der Waals surface area contributed by atoms with Crippen LogP contribution in [0.1, 0.15) is 27.6 Å². The number of thiazole rings is 1. The molecule has 2 aliphatic heterocycles. The van der Waals surface area contributed by atoms with Gasteiger partial charge in [-0.3, -0.25) is 0 Å². The SMILES string of the molecule is CNCC(O)COc1cccc(-c2nc(N[C@@H]3CCOC3)c(C)c(N3Cc4nc(C)sc4C3)n2)c1. The highest BCUT2D eigenvalue weighted by Crippen LogP contribution is 2.36. The quantitative estimate of drug-likeness (QED) is 0.412. The molecule has 9 nitrogen and oxygen atoms in total. The molecule has 5 rings (SSSR count). The summed E-state index contributed by atoms with van der Waals surface area (Å²) in [6.07, 6.45) is 0.375. The average Bonchev–Trinajstić information content (AvgIpc) is 3.56. The van der Waals surface area contributed by atoms with Gasteiger partial charge >= 0.3 is 0 Å². The lowest BCUT2D eigenvalue weighted by molar-refractivity contribution is 0.108. The highest BCUT2D eigenvalue weighted by molar-refractivity contribution is 7.11. The van der Waals surface area contributed by atoms with E-state index in [9.17, 15) is 5.11 Å². The number of hydrogen-bond acceptors (Lipinski definition) is 10. The molecule has 0 aliphatic carbocycles. The number of aliphatic hydroxyl groups excluding tert-OH is 1. The van der Waals surface area contributed by atoms with Crippen LogP contribution in [0, 0.1) is 13.8 Å². The lowest BCUT2D eigenvalue weighted by Crippen LogP contribution is -2.29. The number of aryl methyl sites for hydroxylation is 1. The fourth-order valence-corrected chi connectivity index (χ4v) is 5.42. The molecule has 2 atom stereocenters. The number of rotatable bonds is 9. The Labute approximate surface area is 209 Å². The van der Waals surface area contributed by atoms with E-state index in [1.54, 1.807) is 18.4 Å². The molecular formula is C25H32N6O3S. The highest BCUT2D eigenvalue weighted by Gasteiger charge is 2.28. The van der Waals surface area contributed by atoms with Crippen molar-refractivity contribution in [1.82, 2.24) is 20.3 Å². The van der Waals surface area contributed by atoms with Crippen LogP contribution in [0.15, 0.2) is 24.3 Å². The molecule has 1 fully saturated rings. The van der Waals surface area contributed by atoms with E-state index >= 15 is 0 Å². The van der Waals surface area contributed by atoms with Crippen molar-refractivity contribution in [3.8, 4) is 17.1 Å². The molecule has 0 amide bonds. The van der Waals surface area contributed by atoms with Gasteiger partial charge in [-0.1, -0.05) is 12.1 Å². The molecular weight excluding hydrogens is 464 g/mol. The zero-order chi connectivity index (χ0) is 24.4. The summed E-state index contributed by atoms with van der Waals surface area (Å²) in [5.74, 6) is 3.04. The molecule has 2 aromatic heterocycles. The predicted octanol–water partition coefficient (Wildman–Crippen LogP) is 2.90. The summed E-state index contributed by atoms with van der Waals surface area (Å²) in [7, 11) is 1.80. The maximum atomic E-state index is 9.99. The maximum Gasteiger partial charge on any atom is 0.164 e. The van der Waals surface area contributed by atoms with Crippen molar-refractivity contribution in [1.29, 1.82) is 0 Å². The number of likely N-dealkylation sites (N-methyl/N-ethyl adjacent to an activating group) is 1. The third-order valence-corrected chi connectivity index (χ3v) is 7.22. The van der Waals surface area contributed by atoms with Gasteiger partial charge in [0.25, 0.3) is 0 Å². The lowest BCUT2D eigenvalue weighted by atomic mass is 10.1. The van der Waals surface area contributed by atoms with Crippen LogP contribution in [0.5, 0.6) is 5.75 Å². The van der Waals surface area contributed by atoms with E-state index in [1.165, 1.54) is 4.88 Å². The van der Waals surface area contributed by atoms with Gasteiger partial charge in [0, 0.05) is 29.2 Å². The first-order chi connectivity index (χ1) is 17.0. The van der Waals surface area contributed by atoms with Crippen molar-refractivity contribution in [2.75, 3.05) is 43.6 Å². The fourth-order valence-electron chi connectivity index (χ4n) is 4.46. The van der Waals surface area contributed by atoms with Crippen LogP contribution in [0.3, 0.4) is 0 Å². The van der Waals surface area contributed by atoms with E-state index < -0.39 is 6.10 Å². The van der Waals surface area contributed by atoms with Crippen molar-refractivity contribution in [3.05, 3.63) is 45.4 Å². The molecule has 2 aliphatic rings. The molecule has 3 N–H and O–H groups in total. The zero-order valence-electron chi connectivity index (χ0n) is 20.4. The molecule has 0 bridgehead atoms. The number of hydrogen-bond donors (Lipinski definition) is 3. The van der Waals surface area contributed by atoms with Gasteiger partial charge in [-0.2, -0.15) is 0 Å². The second-order valence-electron chi connectivity index (χ2n) is 9.06. The van der Waals surface area contributed by atoms with E-state index in [0.717, 1.165) is 59.6 Å².